The van der Waals surface area contributed by atoms with E-state index in [0.29, 0.717) is 21.4 Å². The van der Waals surface area contributed by atoms with Crippen LogP contribution in [0.3, 0.4) is 0 Å². The first-order valence-electron chi connectivity index (χ1n) is 8.58. The second kappa shape index (κ2) is 7.54. The molecule has 1 N–H and O–H groups in total. The maximum absolute atomic E-state index is 6.28. The number of benzene rings is 1. The summed E-state index contributed by atoms with van der Waals surface area (Å²) >= 11 is 17.7. The number of hydrogen-bond acceptors (Lipinski definition) is 4. The van der Waals surface area contributed by atoms with Crippen molar-refractivity contribution >= 4 is 35.4 Å². The quantitative estimate of drug-likeness (QED) is 0.467. The summed E-state index contributed by atoms with van der Waals surface area (Å²) in [5, 5.41) is 17.3. The van der Waals surface area contributed by atoms with Crippen molar-refractivity contribution in [1.29, 1.82) is 0 Å². The number of hydrogen-bond donors (Lipinski definition) is 1. The fraction of sp³-hybridized carbons (Fsp3) is 0.222. The highest BCUT2D eigenvalue weighted by molar-refractivity contribution is 7.71. The molecule has 0 amide bonds. The first-order chi connectivity index (χ1) is 13.4. The van der Waals surface area contributed by atoms with Crippen LogP contribution in [-0.2, 0) is 6.54 Å². The molecule has 28 heavy (non-hydrogen) atoms. The summed E-state index contributed by atoms with van der Waals surface area (Å²) in [5.41, 5.74) is 2.79. The topological polar surface area (TPSA) is 69.2 Å². The zero-order valence-electron chi connectivity index (χ0n) is 15.2. The van der Waals surface area contributed by atoms with Crippen LogP contribution in [0.25, 0.3) is 5.69 Å². The lowest BCUT2D eigenvalue weighted by Crippen LogP contribution is -2.15. The van der Waals surface area contributed by atoms with Gasteiger partial charge in [-0.2, -0.15) is 15.3 Å². The van der Waals surface area contributed by atoms with Gasteiger partial charge in [-0.05, 0) is 49.8 Å². The van der Waals surface area contributed by atoms with Crippen LogP contribution in [0, 0.1) is 11.7 Å². The number of nitrogens with zero attached hydrogens (tertiary/aromatic N) is 6. The molecule has 7 nitrogen and oxygen atoms in total. The molecule has 0 aliphatic heterocycles. The number of nitrogens with one attached hydrogen (secondary N) is 1. The van der Waals surface area contributed by atoms with E-state index in [4.69, 9.17) is 35.4 Å². The molecule has 4 aromatic rings. The van der Waals surface area contributed by atoms with Crippen LogP contribution in [0.4, 0.5) is 0 Å². The summed E-state index contributed by atoms with van der Waals surface area (Å²) in [7, 11) is 0. The zero-order chi connectivity index (χ0) is 19.8. The molecular weight excluding hydrogens is 417 g/mol. The smallest absolute Gasteiger partial charge is 0.200 e. The highest BCUT2D eigenvalue weighted by atomic mass is 35.5. The van der Waals surface area contributed by atoms with Crippen molar-refractivity contribution in [3.8, 4) is 5.69 Å². The molecule has 0 saturated carbocycles. The molecule has 144 valence electrons. The Morgan fingerprint density at radius 3 is 2.75 bits per heavy atom. The molecule has 0 spiro atoms. The van der Waals surface area contributed by atoms with Crippen molar-refractivity contribution in [2.45, 2.75) is 26.4 Å². The minimum atomic E-state index is -0.1000. The van der Waals surface area contributed by atoms with Crippen molar-refractivity contribution in [2.75, 3.05) is 0 Å². The molecule has 0 fully saturated rings. The van der Waals surface area contributed by atoms with Gasteiger partial charge in [0.15, 0.2) is 10.6 Å². The van der Waals surface area contributed by atoms with Gasteiger partial charge in [-0.3, -0.25) is 19.0 Å². The predicted molar refractivity (Wildman–Crippen MR) is 111 cm³/mol. The Labute approximate surface area is 176 Å². The van der Waals surface area contributed by atoms with Gasteiger partial charge in [-0.15, -0.1) is 0 Å². The summed E-state index contributed by atoms with van der Waals surface area (Å²) in [6.45, 7) is 4.55. The maximum atomic E-state index is 6.28. The number of rotatable bonds is 5. The predicted octanol–water partition coefficient (Wildman–Crippen LogP) is 4.60. The average Bonchev–Trinajstić information content (AvgIpc) is 3.37. The second-order valence-corrected chi connectivity index (χ2v) is 7.68. The van der Waals surface area contributed by atoms with E-state index in [-0.39, 0.29) is 6.04 Å². The third-order valence-electron chi connectivity index (χ3n) is 4.53. The number of aryl methyl sites for hydroxylation is 1. The fourth-order valence-electron chi connectivity index (χ4n) is 3.11. The molecule has 1 atom stereocenters. The molecular formula is C18H17Cl2N7S. The fourth-order valence-corrected chi connectivity index (χ4v) is 3.83. The van der Waals surface area contributed by atoms with Crippen molar-refractivity contribution in [3.05, 3.63) is 74.8 Å². The lowest BCUT2D eigenvalue weighted by atomic mass is 10.2. The SMILES string of the molecule is Cc1ccnn1[C@@H](C)c1n[nH]c(=S)n1-c1cnn(Cc2ccc(Cl)cc2Cl)c1. The van der Waals surface area contributed by atoms with Gasteiger partial charge in [0.1, 0.15) is 6.04 Å². The summed E-state index contributed by atoms with van der Waals surface area (Å²) in [6.07, 6.45) is 5.43. The van der Waals surface area contributed by atoms with E-state index >= 15 is 0 Å². The Balaban J connectivity index is 1.67. The van der Waals surface area contributed by atoms with Gasteiger partial charge in [-0.1, -0.05) is 29.3 Å². The Morgan fingerprint density at radius 1 is 1.21 bits per heavy atom. The van der Waals surface area contributed by atoms with Crippen LogP contribution in [-0.4, -0.2) is 34.3 Å². The average molecular weight is 434 g/mol. The highest BCUT2D eigenvalue weighted by Gasteiger charge is 2.19. The summed E-state index contributed by atoms with van der Waals surface area (Å²) in [6, 6.07) is 7.28. The number of halogens is 2. The van der Waals surface area contributed by atoms with E-state index in [1.807, 2.05) is 47.5 Å². The third kappa shape index (κ3) is 3.50. The van der Waals surface area contributed by atoms with Crippen LogP contribution in [0.1, 0.15) is 30.0 Å². The van der Waals surface area contributed by atoms with Gasteiger partial charge in [0.25, 0.3) is 0 Å². The van der Waals surface area contributed by atoms with E-state index in [2.05, 4.69) is 20.4 Å². The standard InChI is InChI=1S/C18H17Cl2N7S/c1-11-5-6-21-27(11)12(2)17-23-24-18(28)26(17)15-8-22-25(10-15)9-13-3-4-14(19)7-16(13)20/h3-8,10,12H,9H2,1-2H3,(H,24,28)/t12-/m0/s1. The molecule has 0 aliphatic rings. The molecule has 3 aromatic heterocycles. The Morgan fingerprint density at radius 2 is 2.04 bits per heavy atom. The Kier molecular flexibility index (Phi) is 5.09. The number of H-pyrrole nitrogens is 1. The number of aromatic amines is 1. The van der Waals surface area contributed by atoms with Crippen molar-refractivity contribution in [2.24, 2.45) is 0 Å². The molecule has 3 heterocycles. The lowest BCUT2D eigenvalue weighted by molar-refractivity contribution is 0.515. The molecule has 0 saturated heterocycles. The van der Waals surface area contributed by atoms with Gasteiger partial charge in [0, 0.05) is 28.1 Å². The van der Waals surface area contributed by atoms with Crippen molar-refractivity contribution < 1.29 is 0 Å². The van der Waals surface area contributed by atoms with Crippen LogP contribution < -0.4 is 0 Å². The largest absolute Gasteiger partial charge is 0.267 e. The summed E-state index contributed by atoms with van der Waals surface area (Å²) in [4.78, 5) is 0. The van der Waals surface area contributed by atoms with E-state index in [1.165, 1.54) is 0 Å². The molecule has 0 unspecified atom stereocenters. The molecule has 4 rings (SSSR count). The normalized spacial score (nSPS) is 12.4. The highest BCUT2D eigenvalue weighted by Crippen LogP contribution is 2.23. The first kappa shape index (κ1) is 18.9. The molecule has 1 aromatic carbocycles. The van der Waals surface area contributed by atoms with Crippen LogP contribution in [0.5, 0.6) is 0 Å². The van der Waals surface area contributed by atoms with Crippen molar-refractivity contribution in [3.63, 3.8) is 0 Å². The summed E-state index contributed by atoms with van der Waals surface area (Å²) in [5.74, 6) is 0.751. The zero-order valence-corrected chi connectivity index (χ0v) is 17.5. The lowest BCUT2D eigenvalue weighted by Gasteiger charge is -2.14. The van der Waals surface area contributed by atoms with Crippen molar-refractivity contribution in [1.82, 2.24) is 34.3 Å². The third-order valence-corrected chi connectivity index (χ3v) is 5.39. The minimum Gasteiger partial charge on any atom is -0.267 e. The van der Waals surface area contributed by atoms with Crippen LogP contribution in [0.15, 0.2) is 42.9 Å². The Bertz CT molecular complexity index is 1190. The van der Waals surface area contributed by atoms with Gasteiger partial charge in [0.2, 0.25) is 0 Å². The van der Waals surface area contributed by atoms with Crippen LogP contribution in [0.2, 0.25) is 10.0 Å². The molecule has 0 radical (unpaired) electrons. The monoisotopic (exact) mass is 433 g/mol. The Hall–Kier alpha value is -2.42. The van der Waals surface area contributed by atoms with E-state index < -0.39 is 0 Å². The van der Waals surface area contributed by atoms with Gasteiger partial charge in [-0.25, -0.2) is 0 Å². The van der Waals surface area contributed by atoms with Gasteiger partial charge in [0.05, 0.1) is 18.4 Å². The second-order valence-electron chi connectivity index (χ2n) is 6.45. The van der Waals surface area contributed by atoms with Crippen LogP contribution >= 0.6 is 35.4 Å². The molecule has 10 heteroatoms. The minimum absolute atomic E-state index is 0.1000. The molecule has 0 aliphatic carbocycles. The first-order valence-corrected chi connectivity index (χ1v) is 9.74. The van der Waals surface area contributed by atoms with E-state index in [1.54, 1.807) is 23.1 Å². The van der Waals surface area contributed by atoms with Gasteiger partial charge >= 0.3 is 0 Å². The van der Waals surface area contributed by atoms with E-state index in [9.17, 15) is 0 Å². The maximum Gasteiger partial charge on any atom is 0.200 e. The van der Waals surface area contributed by atoms with E-state index in [0.717, 1.165) is 22.8 Å². The molecule has 0 bridgehead atoms. The summed E-state index contributed by atoms with van der Waals surface area (Å²) < 4.78 is 6.07. The number of aromatic nitrogens is 7. The van der Waals surface area contributed by atoms with Gasteiger partial charge < -0.3 is 0 Å².